The van der Waals surface area contributed by atoms with Gasteiger partial charge in [0.2, 0.25) is 5.78 Å². The second-order valence-electron chi connectivity index (χ2n) is 4.01. The molecule has 1 unspecified atom stereocenters. The molecular weight excluding hydrogens is 306 g/mol. The molecule has 0 radical (unpaired) electrons. The highest BCUT2D eigenvalue weighted by Gasteiger charge is 2.25. The largest absolute Gasteiger partial charge is 0.344 e. The highest BCUT2D eigenvalue weighted by Crippen LogP contribution is 2.22. The fourth-order valence-corrected chi connectivity index (χ4v) is 2.36. The van der Waals surface area contributed by atoms with Gasteiger partial charge in [0.25, 0.3) is 0 Å². The minimum absolute atomic E-state index is 0.228. The summed E-state index contributed by atoms with van der Waals surface area (Å²) in [5.74, 6) is -1.10. The molecule has 0 spiro atoms. The van der Waals surface area contributed by atoms with Gasteiger partial charge in [0.1, 0.15) is 0 Å². The van der Waals surface area contributed by atoms with E-state index in [4.69, 9.17) is 0 Å². The Labute approximate surface area is 119 Å². The van der Waals surface area contributed by atoms with E-state index in [0.717, 1.165) is 4.47 Å². The van der Waals surface area contributed by atoms with Gasteiger partial charge in [-0.2, -0.15) is 5.26 Å². The summed E-state index contributed by atoms with van der Waals surface area (Å²) in [5, 5.41) is 9.25. The van der Waals surface area contributed by atoms with E-state index in [9.17, 15) is 10.1 Å². The van der Waals surface area contributed by atoms with Crippen LogP contribution in [0.5, 0.6) is 0 Å². The van der Waals surface area contributed by atoms with Crippen molar-refractivity contribution in [1.82, 2.24) is 9.55 Å². The van der Waals surface area contributed by atoms with Crippen molar-refractivity contribution in [1.29, 1.82) is 5.26 Å². The van der Waals surface area contributed by atoms with Crippen LogP contribution in [0.3, 0.4) is 0 Å². The molecule has 0 fully saturated rings. The summed E-state index contributed by atoms with van der Waals surface area (Å²) in [6, 6.07) is 9.00. The number of aromatic nitrogens is 2. The first-order chi connectivity index (χ1) is 9.17. The lowest BCUT2D eigenvalue weighted by molar-refractivity contribution is 0.0968. The molecule has 5 heteroatoms. The number of ketones is 1. The molecule has 4 nitrogen and oxygen atoms in total. The summed E-state index contributed by atoms with van der Waals surface area (Å²) in [6.45, 7) is 2.62. The van der Waals surface area contributed by atoms with Gasteiger partial charge in [0, 0.05) is 23.4 Å². The number of hydrogen-bond acceptors (Lipinski definition) is 3. The molecule has 0 saturated carbocycles. The monoisotopic (exact) mass is 317 g/mol. The van der Waals surface area contributed by atoms with Gasteiger partial charge < -0.3 is 4.57 Å². The van der Waals surface area contributed by atoms with Crippen LogP contribution in [0.2, 0.25) is 0 Å². The number of carbonyl (C=O) groups is 1. The van der Waals surface area contributed by atoms with Crippen LogP contribution in [0.4, 0.5) is 0 Å². The molecule has 0 aliphatic heterocycles. The third-order valence-corrected chi connectivity index (χ3v) is 3.26. The van der Waals surface area contributed by atoms with Crippen LogP contribution in [-0.2, 0) is 6.54 Å². The topological polar surface area (TPSA) is 58.7 Å². The van der Waals surface area contributed by atoms with Crippen LogP contribution in [0.1, 0.15) is 29.0 Å². The van der Waals surface area contributed by atoms with E-state index in [1.54, 1.807) is 30.5 Å². The molecule has 2 rings (SSSR count). The van der Waals surface area contributed by atoms with Gasteiger partial charge in [-0.25, -0.2) is 0 Å². The van der Waals surface area contributed by atoms with Gasteiger partial charge >= 0.3 is 0 Å². The van der Waals surface area contributed by atoms with Crippen LogP contribution >= 0.6 is 15.9 Å². The maximum atomic E-state index is 12.5. The van der Waals surface area contributed by atoms with Crippen molar-refractivity contribution in [2.75, 3.05) is 0 Å². The molecule has 0 aromatic carbocycles. The zero-order valence-corrected chi connectivity index (χ0v) is 12.0. The highest BCUT2D eigenvalue weighted by molar-refractivity contribution is 9.10. The number of halogens is 1. The lowest BCUT2D eigenvalue weighted by Crippen LogP contribution is -2.16. The van der Waals surface area contributed by atoms with E-state index < -0.39 is 5.92 Å². The molecule has 2 aromatic heterocycles. The third-order valence-electron chi connectivity index (χ3n) is 2.83. The van der Waals surface area contributed by atoms with Crippen LogP contribution in [0.25, 0.3) is 0 Å². The Morgan fingerprint density at radius 3 is 2.95 bits per heavy atom. The second-order valence-corrected chi connectivity index (χ2v) is 4.93. The normalized spacial score (nSPS) is 11.8. The van der Waals surface area contributed by atoms with Gasteiger partial charge in [-0.3, -0.25) is 9.78 Å². The molecule has 0 N–H and O–H groups in total. The zero-order valence-electron chi connectivity index (χ0n) is 10.4. The van der Waals surface area contributed by atoms with Crippen molar-refractivity contribution in [3.8, 4) is 6.07 Å². The first-order valence-corrected chi connectivity index (χ1v) is 6.67. The SMILES string of the molecule is CCn1cc(Br)cc1C(=O)C(C#N)c1ccccn1. The number of hydrogen-bond donors (Lipinski definition) is 0. The van der Waals surface area contributed by atoms with Crippen molar-refractivity contribution in [2.24, 2.45) is 0 Å². The second kappa shape index (κ2) is 5.81. The Morgan fingerprint density at radius 1 is 1.58 bits per heavy atom. The molecule has 0 aliphatic rings. The summed E-state index contributed by atoms with van der Waals surface area (Å²) in [6.07, 6.45) is 3.42. The maximum Gasteiger partial charge on any atom is 0.202 e. The Hall–Kier alpha value is -1.93. The molecule has 2 heterocycles. The average molecular weight is 318 g/mol. The molecule has 0 bridgehead atoms. The maximum absolute atomic E-state index is 12.5. The average Bonchev–Trinajstić information content (AvgIpc) is 2.82. The predicted octanol–water partition coefficient (Wildman–Crippen LogP) is 3.16. The molecule has 0 aliphatic carbocycles. The minimum Gasteiger partial charge on any atom is -0.344 e. The smallest absolute Gasteiger partial charge is 0.202 e. The number of nitrogens with zero attached hydrogens (tertiary/aromatic N) is 3. The van der Waals surface area contributed by atoms with E-state index in [1.807, 2.05) is 23.8 Å². The fourth-order valence-electron chi connectivity index (χ4n) is 1.90. The molecular formula is C14H12BrN3O. The lowest BCUT2D eigenvalue weighted by Gasteiger charge is -2.09. The van der Waals surface area contributed by atoms with E-state index >= 15 is 0 Å². The van der Waals surface area contributed by atoms with Crippen LogP contribution in [0, 0.1) is 11.3 Å². The first-order valence-electron chi connectivity index (χ1n) is 5.87. The Balaban J connectivity index is 2.40. The summed E-state index contributed by atoms with van der Waals surface area (Å²) in [7, 11) is 0. The van der Waals surface area contributed by atoms with E-state index in [2.05, 4.69) is 20.9 Å². The number of nitriles is 1. The Morgan fingerprint density at radius 2 is 2.37 bits per heavy atom. The Kier molecular flexibility index (Phi) is 4.13. The first kappa shape index (κ1) is 13.5. The summed E-state index contributed by atoms with van der Waals surface area (Å²) < 4.78 is 2.65. The van der Waals surface area contributed by atoms with Crippen molar-refractivity contribution in [2.45, 2.75) is 19.4 Å². The number of aryl methyl sites for hydroxylation is 1. The third kappa shape index (κ3) is 2.74. The number of Topliss-reactive ketones (excluding diaryl/α,β-unsaturated/α-hetero) is 1. The van der Waals surface area contributed by atoms with Crippen LogP contribution in [-0.4, -0.2) is 15.3 Å². The molecule has 1 atom stereocenters. The van der Waals surface area contributed by atoms with Gasteiger partial charge in [0.05, 0.1) is 17.5 Å². The number of carbonyl (C=O) groups excluding carboxylic acids is 1. The van der Waals surface area contributed by atoms with Crippen molar-refractivity contribution >= 4 is 21.7 Å². The zero-order chi connectivity index (χ0) is 13.8. The molecule has 19 heavy (non-hydrogen) atoms. The van der Waals surface area contributed by atoms with E-state index in [1.165, 1.54) is 0 Å². The van der Waals surface area contributed by atoms with Crippen molar-refractivity contribution in [3.63, 3.8) is 0 Å². The van der Waals surface area contributed by atoms with Crippen molar-refractivity contribution < 1.29 is 4.79 Å². The van der Waals surface area contributed by atoms with Crippen LogP contribution < -0.4 is 0 Å². The predicted molar refractivity (Wildman–Crippen MR) is 74.7 cm³/mol. The van der Waals surface area contributed by atoms with Gasteiger partial charge in [-0.15, -0.1) is 0 Å². The van der Waals surface area contributed by atoms with Crippen LogP contribution in [0.15, 0.2) is 41.1 Å². The standard InChI is InChI=1S/C14H12BrN3O/c1-2-18-9-10(15)7-13(18)14(19)11(8-16)12-5-3-4-6-17-12/h3-7,9,11H,2H2,1H3. The number of pyridine rings is 1. The highest BCUT2D eigenvalue weighted by atomic mass is 79.9. The molecule has 0 amide bonds. The summed E-state index contributed by atoms with van der Waals surface area (Å²) in [4.78, 5) is 16.6. The molecule has 0 saturated heterocycles. The molecule has 2 aromatic rings. The fraction of sp³-hybridized carbons (Fsp3) is 0.214. The van der Waals surface area contributed by atoms with E-state index in [-0.39, 0.29) is 5.78 Å². The quantitative estimate of drug-likeness (QED) is 0.814. The number of rotatable bonds is 4. The van der Waals surface area contributed by atoms with E-state index in [0.29, 0.717) is 17.9 Å². The molecule has 96 valence electrons. The van der Waals surface area contributed by atoms with Gasteiger partial charge in [-0.1, -0.05) is 6.07 Å². The Bertz CT molecular complexity index is 628. The lowest BCUT2D eigenvalue weighted by atomic mass is 9.99. The van der Waals surface area contributed by atoms with Gasteiger partial charge in [0.15, 0.2) is 5.92 Å². The summed E-state index contributed by atoms with van der Waals surface area (Å²) in [5.41, 5.74) is 1.00. The van der Waals surface area contributed by atoms with Crippen molar-refractivity contribution in [3.05, 3.63) is 52.5 Å². The van der Waals surface area contributed by atoms with Gasteiger partial charge in [-0.05, 0) is 41.1 Å². The minimum atomic E-state index is -0.867. The summed E-state index contributed by atoms with van der Waals surface area (Å²) >= 11 is 3.35.